The average molecular weight is 250 g/mol. The summed E-state index contributed by atoms with van der Waals surface area (Å²) < 4.78 is 5.01. The molecule has 1 fully saturated rings. The van der Waals surface area contributed by atoms with Crippen molar-refractivity contribution in [2.45, 2.75) is 20.3 Å². The number of benzene rings is 1. The summed E-state index contributed by atoms with van der Waals surface area (Å²) in [5, 5.41) is 5.88. The van der Waals surface area contributed by atoms with Gasteiger partial charge in [0, 0.05) is 25.7 Å². The molecule has 0 atom stereocenters. The Hall–Kier alpha value is -1.39. The van der Waals surface area contributed by atoms with Gasteiger partial charge >= 0.3 is 0 Å². The Morgan fingerprint density at radius 1 is 1.28 bits per heavy atom. The number of morpholine rings is 1. The van der Waals surface area contributed by atoms with Crippen LogP contribution in [0.2, 0.25) is 0 Å². The predicted octanol–water partition coefficient (Wildman–Crippen LogP) is 1.81. The topological polar surface area (TPSA) is 50.4 Å². The van der Waals surface area contributed by atoms with E-state index in [1.54, 1.807) is 0 Å². The van der Waals surface area contributed by atoms with E-state index in [2.05, 4.69) is 17.6 Å². The minimum atomic E-state index is -0.0285. The van der Waals surface area contributed by atoms with Crippen LogP contribution < -0.4 is 10.6 Å². The lowest BCUT2D eigenvalue weighted by Gasteiger charge is -2.10. The molecule has 1 saturated heterocycles. The van der Waals surface area contributed by atoms with E-state index in [1.165, 1.54) is 12.5 Å². The summed E-state index contributed by atoms with van der Waals surface area (Å²) in [6.07, 6.45) is 1.03. The fourth-order valence-corrected chi connectivity index (χ4v) is 1.54. The van der Waals surface area contributed by atoms with Gasteiger partial charge in [-0.2, -0.15) is 0 Å². The molecule has 2 N–H and O–H groups in total. The molecule has 0 aliphatic carbocycles. The van der Waals surface area contributed by atoms with Gasteiger partial charge in [0.1, 0.15) is 0 Å². The summed E-state index contributed by atoms with van der Waals surface area (Å²) in [6, 6.07) is 7.87. The van der Waals surface area contributed by atoms with Crippen molar-refractivity contribution >= 4 is 11.6 Å². The Morgan fingerprint density at radius 2 is 1.89 bits per heavy atom. The third kappa shape index (κ3) is 6.37. The fourth-order valence-electron chi connectivity index (χ4n) is 1.54. The molecule has 1 aliphatic heterocycles. The van der Waals surface area contributed by atoms with Gasteiger partial charge in [0.25, 0.3) is 0 Å². The number of aryl methyl sites for hydroxylation is 1. The molecule has 1 aliphatic rings. The van der Waals surface area contributed by atoms with Crippen molar-refractivity contribution in [3.63, 3.8) is 0 Å². The lowest BCUT2D eigenvalue weighted by molar-refractivity contribution is -0.114. The number of amides is 1. The minimum Gasteiger partial charge on any atom is -0.379 e. The van der Waals surface area contributed by atoms with E-state index in [9.17, 15) is 4.79 Å². The van der Waals surface area contributed by atoms with Crippen LogP contribution in [0.1, 0.15) is 19.4 Å². The van der Waals surface area contributed by atoms with E-state index in [0.29, 0.717) is 0 Å². The lowest BCUT2D eigenvalue weighted by Crippen LogP contribution is -2.30. The van der Waals surface area contributed by atoms with E-state index < -0.39 is 0 Å². The molecule has 4 nitrogen and oxygen atoms in total. The zero-order valence-corrected chi connectivity index (χ0v) is 11.2. The SMILES string of the molecule is C1COCCN1.CCc1ccc(NC(C)=O)cc1. The van der Waals surface area contributed by atoms with Crippen molar-refractivity contribution in [3.05, 3.63) is 29.8 Å². The lowest BCUT2D eigenvalue weighted by atomic mass is 10.1. The van der Waals surface area contributed by atoms with Gasteiger partial charge in [-0.15, -0.1) is 0 Å². The predicted molar refractivity (Wildman–Crippen MR) is 73.8 cm³/mol. The first-order valence-electron chi connectivity index (χ1n) is 6.37. The van der Waals surface area contributed by atoms with Crippen LogP contribution in [0.3, 0.4) is 0 Å². The van der Waals surface area contributed by atoms with E-state index in [1.807, 2.05) is 24.3 Å². The number of rotatable bonds is 2. The van der Waals surface area contributed by atoms with Crippen LogP contribution in [0.25, 0.3) is 0 Å². The van der Waals surface area contributed by atoms with Crippen LogP contribution in [0.5, 0.6) is 0 Å². The maximum atomic E-state index is 10.7. The molecule has 0 bridgehead atoms. The Labute approximate surface area is 109 Å². The monoisotopic (exact) mass is 250 g/mol. The zero-order valence-electron chi connectivity index (χ0n) is 11.2. The Morgan fingerprint density at radius 3 is 2.22 bits per heavy atom. The van der Waals surface area contributed by atoms with Gasteiger partial charge in [0.05, 0.1) is 13.2 Å². The van der Waals surface area contributed by atoms with Crippen molar-refractivity contribution in [1.82, 2.24) is 5.32 Å². The number of hydrogen-bond donors (Lipinski definition) is 2. The molecule has 2 rings (SSSR count). The summed E-state index contributed by atoms with van der Waals surface area (Å²) in [5.74, 6) is -0.0285. The number of carbonyl (C=O) groups is 1. The number of ether oxygens (including phenoxy) is 1. The molecule has 1 amide bonds. The first-order chi connectivity index (χ1) is 8.72. The highest BCUT2D eigenvalue weighted by molar-refractivity contribution is 5.88. The van der Waals surface area contributed by atoms with Gasteiger partial charge in [-0.1, -0.05) is 19.1 Å². The molecule has 18 heavy (non-hydrogen) atoms. The Balaban J connectivity index is 0.000000225. The molecule has 1 aromatic rings. The number of nitrogens with one attached hydrogen (secondary N) is 2. The van der Waals surface area contributed by atoms with Crippen LogP contribution in [-0.2, 0) is 16.0 Å². The van der Waals surface area contributed by atoms with Gasteiger partial charge in [0.15, 0.2) is 0 Å². The van der Waals surface area contributed by atoms with Gasteiger partial charge in [-0.05, 0) is 24.1 Å². The summed E-state index contributed by atoms with van der Waals surface area (Å²) in [7, 11) is 0. The largest absolute Gasteiger partial charge is 0.379 e. The van der Waals surface area contributed by atoms with Crippen molar-refractivity contribution in [3.8, 4) is 0 Å². The van der Waals surface area contributed by atoms with Crippen molar-refractivity contribution in [2.24, 2.45) is 0 Å². The highest BCUT2D eigenvalue weighted by Crippen LogP contribution is 2.09. The molecule has 0 aromatic heterocycles. The molecule has 0 spiro atoms. The maximum Gasteiger partial charge on any atom is 0.221 e. The molecule has 100 valence electrons. The smallest absolute Gasteiger partial charge is 0.221 e. The minimum absolute atomic E-state index is 0.0285. The van der Waals surface area contributed by atoms with Crippen LogP contribution >= 0.6 is 0 Å². The number of carbonyl (C=O) groups excluding carboxylic acids is 1. The Kier molecular flexibility index (Phi) is 7.06. The molecular weight excluding hydrogens is 228 g/mol. The molecular formula is C14H22N2O2. The average Bonchev–Trinajstić information content (AvgIpc) is 2.42. The van der Waals surface area contributed by atoms with Gasteiger partial charge in [-0.3, -0.25) is 4.79 Å². The summed E-state index contributed by atoms with van der Waals surface area (Å²) in [4.78, 5) is 10.7. The fraction of sp³-hybridized carbons (Fsp3) is 0.500. The third-order valence-electron chi connectivity index (χ3n) is 2.53. The first-order valence-corrected chi connectivity index (χ1v) is 6.37. The molecule has 1 heterocycles. The number of anilines is 1. The summed E-state index contributed by atoms with van der Waals surface area (Å²) >= 11 is 0. The molecule has 4 heteroatoms. The molecule has 1 aromatic carbocycles. The van der Waals surface area contributed by atoms with Crippen LogP contribution in [-0.4, -0.2) is 32.2 Å². The Bertz CT molecular complexity index is 334. The van der Waals surface area contributed by atoms with Crippen molar-refractivity contribution < 1.29 is 9.53 Å². The first kappa shape index (κ1) is 14.7. The second kappa shape index (κ2) is 8.66. The molecule has 0 unspecified atom stereocenters. The van der Waals surface area contributed by atoms with E-state index in [4.69, 9.17) is 4.74 Å². The van der Waals surface area contributed by atoms with E-state index >= 15 is 0 Å². The van der Waals surface area contributed by atoms with Gasteiger partial charge in [0.2, 0.25) is 5.91 Å². The number of hydrogen-bond acceptors (Lipinski definition) is 3. The van der Waals surface area contributed by atoms with Crippen LogP contribution in [0, 0.1) is 0 Å². The quantitative estimate of drug-likeness (QED) is 0.841. The van der Waals surface area contributed by atoms with Crippen molar-refractivity contribution in [2.75, 3.05) is 31.6 Å². The summed E-state index contributed by atoms with van der Waals surface area (Å²) in [5.41, 5.74) is 2.14. The second-order valence-corrected chi connectivity index (χ2v) is 4.09. The maximum absolute atomic E-state index is 10.7. The van der Waals surface area contributed by atoms with E-state index in [0.717, 1.165) is 38.4 Å². The summed E-state index contributed by atoms with van der Waals surface area (Å²) in [6.45, 7) is 7.45. The molecule has 0 radical (unpaired) electrons. The zero-order chi connectivity index (χ0) is 13.2. The normalized spacial score (nSPS) is 14.3. The van der Waals surface area contributed by atoms with Gasteiger partial charge in [-0.25, -0.2) is 0 Å². The third-order valence-corrected chi connectivity index (χ3v) is 2.53. The second-order valence-electron chi connectivity index (χ2n) is 4.09. The van der Waals surface area contributed by atoms with E-state index in [-0.39, 0.29) is 5.91 Å². The molecule has 0 saturated carbocycles. The van der Waals surface area contributed by atoms with Gasteiger partial charge < -0.3 is 15.4 Å². The van der Waals surface area contributed by atoms with Crippen LogP contribution in [0.15, 0.2) is 24.3 Å². The standard InChI is InChI=1S/C10H13NO.C4H9NO/c1-3-9-4-6-10(7-5-9)11-8(2)12;1-3-6-4-2-5-1/h4-7H,3H2,1-2H3,(H,11,12);5H,1-4H2. The highest BCUT2D eigenvalue weighted by atomic mass is 16.5. The highest BCUT2D eigenvalue weighted by Gasteiger charge is 1.94. The van der Waals surface area contributed by atoms with Crippen LogP contribution in [0.4, 0.5) is 5.69 Å². The van der Waals surface area contributed by atoms with Crippen molar-refractivity contribution in [1.29, 1.82) is 0 Å².